The van der Waals surface area contributed by atoms with Gasteiger partial charge in [0.2, 0.25) is 0 Å². The van der Waals surface area contributed by atoms with Gasteiger partial charge in [0.25, 0.3) is 5.79 Å². The van der Waals surface area contributed by atoms with Crippen LogP contribution in [0.5, 0.6) is 0 Å². The molecule has 0 saturated heterocycles. The fourth-order valence-electron chi connectivity index (χ4n) is 1.85. The summed E-state index contributed by atoms with van der Waals surface area (Å²) in [6.45, 7) is 0.610. The van der Waals surface area contributed by atoms with Gasteiger partial charge in [-0.2, -0.15) is 0 Å². The van der Waals surface area contributed by atoms with Gasteiger partial charge in [0.1, 0.15) is 12.5 Å². The molecule has 0 atom stereocenters. The Kier molecular flexibility index (Phi) is 1.27. The van der Waals surface area contributed by atoms with Gasteiger partial charge in [-0.25, -0.2) is 0 Å². The van der Waals surface area contributed by atoms with Gasteiger partial charge in [-0.15, -0.1) is 0 Å². The highest BCUT2D eigenvalue weighted by Gasteiger charge is 2.44. The van der Waals surface area contributed by atoms with E-state index in [-0.39, 0.29) is 0 Å². The number of hydrogen-bond acceptors (Lipinski definition) is 4. The van der Waals surface area contributed by atoms with Gasteiger partial charge in [0, 0.05) is 11.4 Å². The Morgan fingerprint density at radius 3 is 2.86 bits per heavy atom. The molecule has 1 aromatic carbocycles. The fourth-order valence-corrected chi connectivity index (χ4v) is 1.85. The molecule has 0 aliphatic carbocycles. The Morgan fingerprint density at radius 2 is 2.07 bits per heavy atom. The number of fused-ring (bicyclic) bond motifs is 2. The van der Waals surface area contributed by atoms with E-state index in [0.717, 1.165) is 11.3 Å². The van der Waals surface area contributed by atoms with Crippen LogP contribution in [0.25, 0.3) is 0 Å². The van der Waals surface area contributed by atoms with Crippen LogP contribution >= 0.6 is 0 Å². The lowest BCUT2D eigenvalue weighted by Gasteiger charge is -2.22. The summed E-state index contributed by atoms with van der Waals surface area (Å²) in [7, 11) is 0. The quantitative estimate of drug-likeness (QED) is 0.606. The summed E-state index contributed by atoms with van der Waals surface area (Å²) in [5.41, 5.74) is 8.41. The van der Waals surface area contributed by atoms with Crippen molar-refractivity contribution in [3.63, 3.8) is 0 Å². The van der Waals surface area contributed by atoms with E-state index < -0.39 is 5.79 Å². The molecule has 0 saturated carbocycles. The monoisotopic (exact) mass is 190 g/mol. The van der Waals surface area contributed by atoms with E-state index >= 15 is 0 Å². The van der Waals surface area contributed by atoms with Gasteiger partial charge in [-0.3, -0.25) is 0 Å². The number of nitrogens with two attached hydrogens (primary N) is 1. The molecule has 72 valence electrons. The zero-order valence-corrected chi connectivity index (χ0v) is 7.49. The standard InChI is InChI=1S/C10H10N2O2/c11-7-1-2-9-8(5-7)10(6-12-9)13-3-4-14-10/h1-5,12H,6,11H2. The highest BCUT2D eigenvalue weighted by atomic mass is 16.7. The molecule has 2 aliphatic heterocycles. The van der Waals surface area contributed by atoms with Crippen LogP contribution in [0.15, 0.2) is 30.7 Å². The van der Waals surface area contributed by atoms with Crippen molar-refractivity contribution >= 4 is 11.4 Å². The van der Waals surface area contributed by atoms with Gasteiger partial charge in [0.15, 0.2) is 0 Å². The van der Waals surface area contributed by atoms with E-state index in [1.807, 2.05) is 18.2 Å². The minimum absolute atomic E-state index is 0.610. The number of hydrogen-bond donors (Lipinski definition) is 2. The van der Waals surface area contributed by atoms with Crippen molar-refractivity contribution < 1.29 is 9.47 Å². The minimum Gasteiger partial charge on any atom is -0.451 e. The Labute approximate surface area is 81.3 Å². The molecule has 0 amide bonds. The van der Waals surface area contributed by atoms with Crippen LogP contribution in [-0.4, -0.2) is 6.54 Å². The van der Waals surface area contributed by atoms with Crippen LogP contribution in [0.2, 0.25) is 0 Å². The van der Waals surface area contributed by atoms with Gasteiger partial charge < -0.3 is 20.5 Å². The van der Waals surface area contributed by atoms with Gasteiger partial charge in [-0.1, -0.05) is 0 Å². The third-order valence-electron chi connectivity index (χ3n) is 2.54. The van der Waals surface area contributed by atoms with E-state index in [9.17, 15) is 0 Å². The molecule has 1 spiro atoms. The van der Waals surface area contributed by atoms with Crippen molar-refractivity contribution in [2.75, 3.05) is 17.6 Å². The lowest BCUT2D eigenvalue weighted by molar-refractivity contribution is -0.131. The maximum atomic E-state index is 5.72. The van der Waals surface area contributed by atoms with Crippen molar-refractivity contribution in [2.24, 2.45) is 0 Å². The van der Waals surface area contributed by atoms with Crippen molar-refractivity contribution in [1.29, 1.82) is 0 Å². The normalized spacial score (nSPS) is 20.0. The molecule has 0 radical (unpaired) electrons. The average Bonchev–Trinajstić information content (AvgIpc) is 2.77. The van der Waals surface area contributed by atoms with Crippen molar-refractivity contribution in [2.45, 2.75) is 5.79 Å². The van der Waals surface area contributed by atoms with Gasteiger partial charge in [0.05, 0.1) is 12.1 Å². The summed E-state index contributed by atoms with van der Waals surface area (Å²) in [5.74, 6) is -0.690. The SMILES string of the molecule is Nc1ccc2c(c1)C1(CN2)OC=CO1. The average molecular weight is 190 g/mol. The van der Waals surface area contributed by atoms with E-state index in [4.69, 9.17) is 15.2 Å². The van der Waals surface area contributed by atoms with Gasteiger partial charge >= 0.3 is 0 Å². The molecule has 4 nitrogen and oxygen atoms in total. The number of benzene rings is 1. The first-order chi connectivity index (χ1) is 6.80. The van der Waals surface area contributed by atoms with Crippen LogP contribution < -0.4 is 11.1 Å². The molecule has 14 heavy (non-hydrogen) atoms. The molecule has 0 unspecified atom stereocenters. The molecule has 2 aliphatic rings. The summed E-state index contributed by atoms with van der Waals surface area (Å²) >= 11 is 0. The first-order valence-electron chi connectivity index (χ1n) is 4.45. The smallest absolute Gasteiger partial charge is 0.296 e. The maximum absolute atomic E-state index is 5.72. The van der Waals surface area contributed by atoms with Crippen LogP contribution in [0.3, 0.4) is 0 Å². The predicted molar refractivity (Wildman–Crippen MR) is 52.3 cm³/mol. The summed E-state index contributed by atoms with van der Waals surface area (Å²) in [4.78, 5) is 0. The number of rotatable bonds is 0. The van der Waals surface area contributed by atoms with Crippen LogP contribution in [0, 0.1) is 0 Å². The molecule has 0 bridgehead atoms. The Hall–Kier alpha value is -1.84. The molecular weight excluding hydrogens is 180 g/mol. The first kappa shape index (κ1) is 7.55. The topological polar surface area (TPSA) is 56.5 Å². The second-order valence-electron chi connectivity index (χ2n) is 3.42. The fraction of sp³-hybridized carbons (Fsp3) is 0.200. The number of ether oxygens (including phenoxy) is 2. The maximum Gasteiger partial charge on any atom is 0.296 e. The Balaban J connectivity index is 2.13. The zero-order chi connectivity index (χ0) is 9.60. The first-order valence-corrected chi connectivity index (χ1v) is 4.45. The molecular formula is C10H10N2O2. The number of anilines is 2. The van der Waals surface area contributed by atoms with Crippen LogP contribution in [0.1, 0.15) is 5.56 Å². The summed E-state index contributed by atoms with van der Waals surface area (Å²) in [6.07, 6.45) is 3.11. The van der Waals surface area contributed by atoms with E-state index in [2.05, 4.69) is 5.32 Å². The Bertz CT molecular complexity index is 407. The summed E-state index contributed by atoms with van der Waals surface area (Å²) in [5, 5.41) is 3.21. The van der Waals surface area contributed by atoms with E-state index in [1.165, 1.54) is 0 Å². The molecule has 0 aromatic heterocycles. The van der Waals surface area contributed by atoms with Crippen LogP contribution in [0.4, 0.5) is 11.4 Å². The summed E-state index contributed by atoms with van der Waals surface area (Å²) in [6, 6.07) is 5.67. The minimum atomic E-state index is -0.690. The largest absolute Gasteiger partial charge is 0.451 e. The second-order valence-corrected chi connectivity index (χ2v) is 3.42. The molecule has 1 aromatic rings. The van der Waals surface area contributed by atoms with Crippen molar-refractivity contribution in [1.82, 2.24) is 0 Å². The van der Waals surface area contributed by atoms with Crippen LogP contribution in [-0.2, 0) is 15.3 Å². The number of nitrogens with one attached hydrogen (secondary N) is 1. The molecule has 2 heterocycles. The third-order valence-corrected chi connectivity index (χ3v) is 2.54. The lowest BCUT2D eigenvalue weighted by Crippen LogP contribution is -2.28. The zero-order valence-electron chi connectivity index (χ0n) is 7.49. The van der Waals surface area contributed by atoms with E-state index in [1.54, 1.807) is 12.5 Å². The van der Waals surface area contributed by atoms with Crippen molar-refractivity contribution in [3.8, 4) is 0 Å². The van der Waals surface area contributed by atoms with Crippen molar-refractivity contribution in [3.05, 3.63) is 36.3 Å². The third kappa shape index (κ3) is 0.824. The molecule has 3 rings (SSSR count). The highest BCUT2D eigenvalue weighted by molar-refractivity contribution is 5.63. The lowest BCUT2D eigenvalue weighted by atomic mass is 10.1. The molecule has 0 fully saturated rings. The highest BCUT2D eigenvalue weighted by Crippen LogP contribution is 2.42. The van der Waals surface area contributed by atoms with Gasteiger partial charge in [-0.05, 0) is 18.2 Å². The molecule has 4 heteroatoms. The molecule has 3 N–H and O–H groups in total. The summed E-state index contributed by atoms with van der Waals surface area (Å²) < 4.78 is 10.9. The number of nitrogen functional groups attached to an aromatic ring is 1. The Morgan fingerprint density at radius 1 is 1.29 bits per heavy atom. The second kappa shape index (κ2) is 2.35. The predicted octanol–water partition coefficient (Wildman–Crippen LogP) is 1.37. The van der Waals surface area contributed by atoms with E-state index in [0.29, 0.717) is 12.2 Å².